The zero-order valence-electron chi connectivity index (χ0n) is 15.3. The Kier molecular flexibility index (Phi) is 5.04. The molecule has 2 aromatic rings. The average molecular weight is 376 g/mol. The van der Waals surface area contributed by atoms with Crippen LogP contribution in [0.3, 0.4) is 0 Å². The highest BCUT2D eigenvalue weighted by molar-refractivity contribution is 7.91. The number of aryl methyl sites for hydroxylation is 2. The maximum absolute atomic E-state index is 13.0. The van der Waals surface area contributed by atoms with Crippen molar-refractivity contribution in [3.8, 4) is 0 Å². The Bertz CT molecular complexity index is 906. The van der Waals surface area contributed by atoms with E-state index in [1.165, 1.54) is 0 Å². The Hall–Kier alpha value is -2.35. The number of carbonyl (C=O) groups excluding carboxylic acids is 1. The van der Waals surface area contributed by atoms with Crippen molar-refractivity contribution in [2.75, 3.05) is 16.8 Å². The monoisotopic (exact) mass is 376 g/mol. The Morgan fingerprint density at radius 2 is 2.00 bits per heavy atom. The van der Waals surface area contributed by atoms with E-state index in [9.17, 15) is 13.2 Å². The fourth-order valence-electron chi connectivity index (χ4n) is 3.30. The van der Waals surface area contributed by atoms with E-state index in [2.05, 4.69) is 10.4 Å². The van der Waals surface area contributed by atoms with Gasteiger partial charge in [0.2, 0.25) is 0 Å². The summed E-state index contributed by atoms with van der Waals surface area (Å²) in [6.07, 6.45) is 0.466. The van der Waals surface area contributed by atoms with E-state index in [1.807, 2.05) is 51.2 Å². The zero-order valence-corrected chi connectivity index (χ0v) is 16.1. The van der Waals surface area contributed by atoms with Gasteiger partial charge in [0.25, 0.3) is 0 Å². The van der Waals surface area contributed by atoms with E-state index in [4.69, 9.17) is 0 Å². The fourth-order valence-corrected chi connectivity index (χ4v) is 5.03. The molecular weight excluding hydrogens is 352 g/mol. The second-order valence-electron chi connectivity index (χ2n) is 6.77. The van der Waals surface area contributed by atoms with Crippen molar-refractivity contribution in [2.45, 2.75) is 32.9 Å². The molecule has 0 spiro atoms. The van der Waals surface area contributed by atoms with E-state index in [0.717, 1.165) is 17.0 Å². The number of hydrogen-bond donors (Lipinski definition) is 1. The molecular formula is C18H24N4O3S. The maximum Gasteiger partial charge on any atom is 0.322 e. The average Bonchev–Trinajstić information content (AvgIpc) is 3.07. The van der Waals surface area contributed by atoms with Gasteiger partial charge in [0.1, 0.15) is 0 Å². The molecule has 1 N–H and O–H groups in total. The van der Waals surface area contributed by atoms with Crippen LogP contribution in [-0.4, -0.2) is 46.7 Å². The number of benzene rings is 1. The van der Waals surface area contributed by atoms with Crippen LogP contribution >= 0.6 is 0 Å². The van der Waals surface area contributed by atoms with Gasteiger partial charge >= 0.3 is 6.03 Å². The van der Waals surface area contributed by atoms with Crippen molar-refractivity contribution in [1.29, 1.82) is 0 Å². The predicted octanol–water partition coefficient (Wildman–Crippen LogP) is 2.26. The predicted molar refractivity (Wildman–Crippen MR) is 101 cm³/mol. The molecule has 1 aliphatic rings. The lowest BCUT2D eigenvalue weighted by Gasteiger charge is -2.28. The smallest absolute Gasteiger partial charge is 0.316 e. The van der Waals surface area contributed by atoms with E-state index in [1.54, 1.807) is 9.58 Å². The standard InChI is InChI=1S/C18H24N4O3S/c1-13-17(14(2)21(3)20-13)19-18(23)22(11-15-7-5-4-6-8-15)16-9-10-26(24,25)12-16/h4-8,16H,9-12H2,1-3H3,(H,19,23). The Balaban J connectivity index is 1.85. The molecule has 1 atom stereocenters. The second kappa shape index (κ2) is 7.11. The number of carbonyl (C=O) groups is 1. The first kappa shape index (κ1) is 18.4. The van der Waals surface area contributed by atoms with Crippen LogP contribution in [0, 0.1) is 13.8 Å². The van der Waals surface area contributed by atoms with E-state index < -0.39 is 9.84 Å². The highest BCUT2D eigenvalue weighted by Crippen LogP contribution is 2.23. The molecule has 140 valence electrons. The highest BCUT2D eigenvalue weighted by Gasteiger charge is 2.35. The zero-order chi connectivity index (χ0) is 18.9. The normalized spacial score (nSPS) is 18.7. The highest BCUT2D eigenvalue weighted by atomic mass is 32.2. The number of nitrogens with one attached hydrogen (secondary N) is 1. The van der Waals surface area contributed by atoms with Crippen molar-refractivity contribution >= 4 is 21.6 Å². The molecule has 1 aromatic carbocycles. The van der Waals surface area contributed by atoms with E-state index in [-0.39, 0.29) is 23.6 Å². The minimum atomic E-state index is -3.09. The number of anilines is 1. The lowest BCUT2D eigenvalue weighted by Crippen LogP contribution is -2.43. The molecule has 2 heterocycles. The number of aromatic nitrogens is 2. The van der Waals surface area contributed by atoms with Crippen molar-refractivity contribution < 1.29 is 13.2 Å². The molecule has 1 aliphatic heterocycles. The summed E-state index contributed by atoms with van der Waals surface area (Å²) in [6, 6.07) is 8.98. The summed E-state index contributed by atoms with van der Waals surface area (Å²) in [4.78, 5) is 14.6. The van der Waals surface area contributed by atoms with Gasteiger partial charge in [0.05, 0.1) is 28.6 Å². The molecule has 0 aliphatic carbocycles. The molecule has 26 heavy (non-hydrogen) atoms. The first-order valence-corrected chi connectivity index (χ1v) is 10.4. The largest absolute Gasteiger partial charge is 0.322 e. The first-order chi connectivity index (χ1) is 12.3. The third-order valence-corrected chi connectivity index (χ3v) is 6.60. The molecule has 0 bridgehead atoms. The van der Waals surface area contributed by atoms with Gasteiger partial charge in [-0.1, -0.05) is 30.3 Å². The molecule has 7 nitrogen and oxygen atoms in total. The van der Waals surface area contributed by atoms with Gasteiger partial charge in [0, 0.05) is 19.6 Å². The van der Waals surface area contributed by atoms with Gasteiger partial charge in [-0.3, -0.25) is 4.68 Å². The van der Waals surface area contributed by atoms with Crippen LogP contribution in [0.5, 0.6) is 0 Å². The molecule has 2 amide bonds. The van der Waals surface area contributed by atoms with Crippen LogP contribution in [0.25, 0.3) is 0 Å². The van der Waals surface area contributed by atoms with Crippen molar-refractivity contribution in [2.24, 2.45) is 7.05 Å². The molecule has 1 unspecified atom stereocenters. The lowest BCUT2D eigenvalue weighted by atomic mass is 10.1. The number of nitrogens with zero attached hydrogens (tertiary/aromatic N) is 3. The summed E-state index contributed by atoms with van der Waals surface area (Å²) in [7, 11) is -1.27. The molecule has 1 saturated heterocycles. The summed E-state index contributed by atoms with van der Waals surface area (Å²) in [6.45, 7) is 4.09. The molecule has 0 saturated carbocycles. The van der Waals surface area contributed by atoms with Crippen LogP contribution in [0.15, 0.2) is 30.3 Å². The minimum Gasteiger partial charge on any atom is -0.316 e. The SMILES string of the molecule is Cc1nn(C)c(C)c1NC(=O)N(Cc1ccccc1)C1CCS(=O)(=O)C1. The van der Waals surface area contributed by atoms with Gasteiger partial charge in [-0.05, 0) is 25.8 Å². The lowest BCUT2D eigenvalue weighted by molar-refractivity contribution is 0.190. The maximum atomic E-state index is 13.0. The fraction of sp³-hybridized carbons (Fsp3) is 0.444. The number of rotatable bonds is 4. The van der Waals surface area contributed by atoms with Gasteiger partial charge in [0.15, 0.2) is 9.84 Å². The summed E-state index contributed by atoms with van der Waals surface area (Å²) < 4.78 is 25.6. The second-order valence-corrected chi connectivity index (χ2v) is 9.00. The summed E-state index contributed by atoms with van der Waals surface area (Å²) in [5.74, 6) is 0.138. The molecule has 1 fully saturated rings. The van der Waals surface area contributed by atoms with Crippen molar-refractivity contribution in [3.05, 3.63) is 47.3 Å². The molecule has 3 rings (SSSR count). The summed E-state index contributed by atoms with van der Waals surface area (Å²) in [5, 5.41) is 7.25. The molecule has 0 radical (unpaired) electrons. The third kappa shape index (κ3) is 3.90. The van der Waals surface area contributed by atoms with Crippen LogP contribution in [0.1, 0.15) is 23.4 Å². The van der Waals surface area contributed by atoms with Crippen molar-refractivity contribution in [3.63, 3.8) is 0 Å². The van der Waals surface area contributed by atoms with Gasteiger partial charge in [-0.2, -0.15) is 5.10 Å². The van der Waals surface area contributed by atoms with E-state index >= 15 is 0 Å². The Morgan fingerprint density at radius 1 is 1.31 bits per heavy atom. The Labute approximate surface area is 153 Å². The Morgan fingerprint density at radius 3 is 2.54 bits per heavy atom. The first-order valence-electron chi connectivity index (χ1n) is 8.59. The van der Waals surface area contributed by atoms with E-state index in [0.29, 0.717) is 18.7 Å². The number of amides is 2. The van der Waals surface area contributed by atoms with Gasteiger partial charge in [-0.15, -0.1) is 0 Å². The third-order valence-electron chi connectivity index (χ3n) is 4.85. The summed E-state index contributed by atoms with van der Waals surface area (Å²) >= 11 is 0. The van der Waals surface area contributed by atoms with Crippen LogP contribution in [0.2, 0.25) is 0 Å². The summed E-state index contributed by atoms with van der Waals surface area (Å²) in [5.41, 5.74) is 3.23. The van der Waals surface area contributed by atoms with Crippen LogP contribution in [0.4, 0.5) is 10.5 Å². The topological polar surface area (TPSA) is 84.3 Å². The minimum absolute atomic E-state index is 0.0122. The molecule has 1 aromatic heterocycles. The van der Waals surface area contributed by atoms with Crippen molar-refractivity contribution in [1.82, 2.24) is 14.7 Å². The van der Waals surface area contributed by atoms with Gasteiger partial charge < -0.3 is 10.2 Å². The number of sulfone groups is 1. The van der Waals surface area contributed by atoms with Gasteiger partial charge in [-0.25, -0.2) is 13.2 Å². The number of hydrogen-bond acceptors (Lipinski definition) is 4. The molecule has 8 heteroatoms. The van der Waals surface area contributed by atoms with Crippen LogP contribution in [-0.2, 0) is 23.4 Å². The number of urea groups is 1. The quantitative estimate of drug-likeness (QED) is 0.887. The van der Waals surface area contributed by atoms with Crippen LogP contribution < -0.4 is 5.32 Å².